The van der Waals surface area contributed by atoms with Crippen molar-refractivity contribution in [1.29, 1.82) is 0 Å². The number of ether oxygens (including phenoxy) is 1. The smallest absolute Gasteiger partial charge is 0.408 e. The van der Waals surface area contributed by atoms with Gasteiger partial charge >= 0.3 is 6.09 Å². The molecule has 0 unspecified atom stereocenters. The summed E-state index contributed by atoms with van der Waals surface area (Å²) < 4.78 is 5.44. The number of hydrogen-bond donors (Lipinski definition) is 1. The Kier molecular flexibility index (Phi) is 11.9. The van der Waals surface area contributed by atoms with Crippen LogP contribution in [-0.2, 0) is 22.4 Å². The van der Waals surface area contributed by atoms with Gasteiger partial charge in [0.15, 0.2) is 0 Å². The van der Waals surface area contributed by atoms with E-state index in [0.717, 1.165) is 32.2 Å². The minimum absolute atomic E-state index is 0.0124. The van der Waals surface area contributed by atoms with Gasteiger partial charge in [0, 0.05) is 31.4 Å². The monoisotopic (exact) mass is 561 g/mol. The summed E-state index contributed by atoms with van der Waals surface area (Å²) in [4.78, 5) is 30.4. The fourth-order valence-corrected chi connectivity index (χ4v) is 5.29. The number of carbonyl (C=O) groups is 2. The van der Waals surface area contributed by atoms with Gasteiger partial charge in [-0.15, -0.1) is 0 Å². The van der Waals surface area contributed by atoms with Crippen LogP contribution in [0.5, 0.6) is 0 Å². The van der Waals surface area contributed by atoms with E-state index in [0.29, 0.717) is 25.6 Å². The highest BCUT2D eigenvalue weighted by molar-refractivity contribution is 5.86. The molecule has 6 nitrogen and oxygen atoms in total. The number of nitrogens with one attached hydrogen (secondary N) is 1. The van der Waals surface area contributed by atoms with E-state index >= 15 is 0 Å². The van der Waals surface area contributed by atoms with E-state index < -0.39 is 17.7 Å². The highest BCUT2D eigenvalue weighted by Crippen LogP contribution is 2.26. The van der Waals surface area contributed by atoms with Crippen molar-refractivity contribution in [2.45, 2.75) is 98.3 Å². The summed E-state index contributed by atoms with van der Waals surface area (Å²) in [6, 6.07) is 19.4. The molecule has 1 heterocycles. The molecule has 1 saturated heterocycles. The first kappa shape index (κ1) is 32.2. The van der Waals surface area contributed by atoms with Crippen LogP contribution in [0.25, 0.3) is 0 Å². The van der Waals surface area contributed by atoms with Crippen molar-refractivity contribution < 1.29 is 14.3 Å². The zero-order valence-corrected chi connectivity index (χ0v) is 26.3. The third kappa shape index (κ3) is 10.9. The Hall–Kier alpha value is -3.28. The van der Waals surface area contributed by atoms with Crippen LogP contribution in [0.3, 0.4) is 0 Å². The Labute approximate surface area is 248 Å². The predicted molar refractivity (Wildman–Crippen MR) is 169 cm³/mol. The Morgan fingerprint density at radius 1 is 0.976 bits per heavy atom. The molecule has 3 rings (SSSR count). The summed E-state index contributed by atoms with van der Waals surface area (Å²) in [7, 11) is 0. The van der Waals surface area contributed by atoms with Crippen LogP contribution < -0.4 is 10.2 Å². The molecule has 224 valence electrons. The Morgan fingerprint density at radius 2 is 1.56 bits per heavy atom. The van der Waals surface area contributed by atoms with Gasteiger partial charge in [0.25, 0.3) is 0 Å². The quantitative estimate of drug-likeness (QED) is 0.295. The lowest BCUT2D eigenvalue weighted by molar-refractivity contribution is -0.135. The van der Waals surface area contributed by atoms with E-state index in [-0.39, 0.29) is 11.8 Å². The number of amides is 2. The normalized spacial score (nSPS) is 14.9. The average Bonchev–Trinajstić information content (AvgIpc) is 2.91. The van der Waals surface area contributed by atoms with Crippen LogP contribution in [0, 0.1) is 5.92 Å². The Morgan fingerprint density at radius 3 is 2.10 bits per heavy atom. The van der Waals surface area contributed by atoms with Crippen LogP contribution in [0.15, 0.2) is 66.2 Å². The Balaban J connectivity index is 1.65. The number of nitrogens with zero attached hydrogens (tertiary/aromatic N) is 2. The lowest BCUT2D eigenvalue weighted by Crippen LogP contribution is -2.54. The minimum atomic E-state index is -0.608. The van der Waals surface area contributed by atoms with Crippen molar-refractivity contribution in [3.8, 4) is 0 Å². The molecule has 2 aromatic rings. The van der Waals surface area contributed by atoms with Gasteiger partial charge in [-0.3, -0.25) is 4.79 Å². The molecule has 1 aliphatic rings. The number of piperidine rings is 1. The number of aryl methyl sites for hydroxylation is 2. The summed E-state index contributed by atoms with van der Waals surface area (Å²) in [5.74, 6) is 0.258. The van der Waals surface area contributed by atoms with Gasteiger partial charge in [0.05, 0.1) is 0 Å². The highest BCUT2D eigenvalue weighted by Gasteiger charge is 2.32. The number of rotatable bonds is 11. The maximum atomic E-state index is 13.5. The molecular weight excluding hydrogens is 510 g/mol. The van der Waals surface area contributed by atoms with E-state index in [1.807, 2.05) is 25.7 Å². The summed E-state index contributed by atoms with van der Waals surface area (Å²) >= 11 is 0. The third-order valence-corrected chi connectivity index (χ3v) is 7.42. The number of likely N-dealkylation sites (tertiary alicyclic amines) is 1. The number of anilines is 1. The number of carbonyl (C=O) groups excluding carboxylic acids is 2. The zero-order valence-electron chi connectivity index (χ0n) is 26.3. The fourth-order valence-electron chi connectivity index (χ4n) is 5.29. The summed E-state index contributed by atoms with van der Waals surface area (Å²) in [5.41, 5.74) is 4.61. The zero-order chi connectivity index (χ0) is 30.0. The molecule has 1 fully saturated rings. The van der Waals surface area contributed by atoms with Crippen LogP contribution >= 0.6 is 0 Å². The largest absolute Gasteiger partial charge is 0.444 e. The van der Waals surface area contributed by atoms with E-state index in [1.54, 1.807) is 0 Å². The third-order valence-electron chi connectivity index (χ3n) is 7.42. The van der Waals surface area contributed by atoms with E-state index in [2.05, 4.69) is 98.6 Å². The van der Waals surface area contributed by atoms with Crippen LogP contribution in [0.1, 0.15) is 78.9 Å². The van der Waals surface area contributed by atoms with Gasteiger partial charge < -0.3 is 19.9 Å². The highest BCUT2D eigenvalue weighted by atomic mass is 16.6. The molecule has 0 aliphatic carbocycles. The minimum Gasteiger partial charge on any atom is -0.444 e. The molecule has 0 aromatic heterocycles. The predicted octanol–water partition coefficient (Wildman–Crippen LogP) is 7.17. The van der Waals surface area contributed by atoms with Gasteiger partial charge in [-0.1, -0.05) is 68.0 Å². The molecule has 2 aromatic carbocycles. The van der Waals surface area contributed by atoms with E-state index in [1.165, 1.54) is 22.4 Å². The fraction of sp³-hybridized carbons (Fsp3) is 0.543. The second kappa shape index (κ2) is 15.1. The number of alkyl carbamates (subject to hydrolysis) is 1. The SMILES string of the molecule is CC(C)=CCN(c1ccc(CCc2ccccc2)cc1)C1CCN(C(=O)[C@H](CC(C)C)NC(=O)OC(C)(C)C)CC1. The van der Waals surface area contributed by atoms with Gasteiger partial charge in [0.1, 0.15) is 11.6 Å². The summed E-state index contributed by atoms with van der Waals surface area (Å²) in [6.45, 7) is 16.1. The topological polar surface area (TPSA) is 61.9 Å². The van der Waals surface area contributed by atoms with Crippen molar-refractivity contribution in [2.75, 3.05) is 24.5 Å². The molecule has 0 bridgehead atoms. The van der Waals surface area contributed by atoms with Crippen LogP contribution in [0.2, 0.25) is 0 Å². The van der Waals surface area contributed by atoms with E-state index in [4.69, 9.17) is 4.74 Å². The molecular formula is C35H51N3O3. The molecule has 2 amide bonds. The summed E-state index contributed by atoms with van der Waals surface area (Å²) in [5, 5.41) is 2.85. The lowest BCUT2D eigenvalue weighted by atomic mass is 9.98. The van der Waals surface area contributed by atoms with Crippen molar-refractivity contribution in [3.63, 3.8) is 0 Å². The van der Waals surface area contributed by atoms with Gasteiger partial charge in [-0.25, -0.2) is 4.79 Å². The molecule has 1 atom stereocenters. The Bertz CT molecular complexity index is 1120. The average molecular weight is 562 g/mol. The van der Waals surface area contributed by atoms with Crippen molar-refractivity contribution in [3.05, 3.63) is 77.4 Å². The number of hydrogen-bond acceptors (Lipinski definition) is 4. The van der Waals surface area contributed by atoms with Crippen LogP contribution in [-0.4, -0.2) is 54.2 Å². The van der Waals surface area contributed by atoms with Gasteiger partial charge in [-0.05, 0) is 95.9 Å². The lowest BCUT2D eigenvalue weighted by Gasteiger charge is -2.40. The molecule has 41 heavy (non-hydrogen) atoms. The first-order valence-electron chi connectivity index (χ1n) is 15.2. The maximum absolute atomic E-state index is 13.5. The number of allylic oxidation sites excluding steroid dienone is 1. The van der Waals surface area contributed by atoms with Crippen molar-refractivity contribution in [2.24, 2.45) is 5.92 Å². The van der Waals surface area contributed by atoms with Crippen LogP contribution in [0.4, 0.5) is 10.5 Å². The number of benzene rings is 2. The molecule has 6 heteroatoms. The first-order chi connectivity index (χ1) is 19.4. The second-order valence-corrected chi connectivity index (χ2v) is 13.0. The molecule has 0 spiro atoms. The molecule has 1 N–H and O–H groups in total. The second-order valence-electron chi connectivity index (χ2n) is 13.0. The molecule has 0 saturated carbocycles. The summed E-state index contributed by atoms with van der Waals surface area (Å²) in [6.07, 6.45) is 6.16. The van der Waals surface area contributed by atoms with Crippen molar-refractivity contribution in [1.82, 2.24) is 10.2 Å². The standard InChI is InChI=1S/C35H51N3O3/c1-26(2)19-24-38(30-17-15-29(16-18-30)14-13-28-11-9-8-10-12-28)31-20-22-37(23-21-31)33(39)32(25-27(3)4)36-34(40)41-35(5,6)7/h8-12,15-19,27,31-32H,13-14,20-25H2,1-7H3,(H,36,40)/t32-/m0/s1. The molecule has 0 radical (unpaired) electrons. The van der Waals surface area contributed by atoms with Gasteiger partial charge in [-0.2, -0.15) is 0 Å². The molecule has 1 aliphatic heterocycles. The van der Waals surface area contributed by atoms with Crippen molar-refractivity contribution >= 4 is 17.7 Å². The van der Waals surface area contributed by atoms with Gasteiger partial charge in [0.2, 0.25) is 5.91 Å². The van der Waals surface area contributed by atoms with E-state index in [9.17, 15) is 9.59 Å². The first-order valence-corrected chi connectivity index (χ1v) is 15.2. The maximum Gasteiger partial charge on any atom is 0.408 e.